The predicted molar refractivity (Wildman–Crippen MR) is 96.2 cm³/mol. The van der Waals surface area contributed by atoms with Gasteiger partial charge in [0.15, 0.2) is 5.60 Å². The minimum absolute atomic E-state index is 0.533. The Kier molecular flexibility index (Phi) is 4.57. The van der Waals surface area contributed by atoms with E-state index in [0.29, 0.717) is 27.6 Å². The molecule has 0 aliphatic carbocycles. The lowest BCUT2D eigenvalue weighted by Crippen LogP contribution is -2.24. The van der Waals surface area contributed by atoms with Crippen molar-refractivity contribution in [1.29, 1.82) is 0 Å². The molecule has 1 N–H and O–H groups in total. The third-order valence-electron chi connectivity index (χ3n) is 3.74. The molecule has 0 aromatic heterocycles. The highest BCUT2D eigenvalue weighted by Gasteiger charge is 2.28. The van der Waals surface area contributed by atoms with Gasteiger partial charge in [-0.2, -0.15) is 0 Å². The standard InChI is InChI=1S/C21H15ClO2/c1-2-21(23,16-8-4-3-5-9-16)17-12-14-18(15-13-17)24-20-11-7-6-10-19(20)22/h1,3-15,23H. The Hall–Kier alpha value is -2.73. The van der Waals surface area contributed by atoms with Gasteiger partial charge in [-0.05, 0) is 24.3 Å². The van der Waals surface area contributed by atoms with Crippen LogP contribution in [0.3, 0.4) is 0 Å². The third kappa shape index (κ3) is 3.14. The molecular formula is C21H15ClO2. The van der Waals surface area contributed by atoms with Gasteiger partial charge in [0.1, 0.15) is 11.5 Å². The van der Waals surface area contributed by atoms with Gasteiger partial charge >= 0.3 is 0 Å². The largest absolute Gasteiger partial charge is 0.456 e. The molecule has 3 aromatic rings. The maximum Gasteiger partial charge on any atom is 0.176 e. The summed E-state index contributed by atoms with van der Waals surface area (Å²) in [5, 5.41) is 11.4. The molecule has 118 valence electrons. The van der Waals surface area contributed by atoms with Crippen LogP contribution in [0.1, 0.15) is 11.1 Å². The van der Waals surface area contributed by atoms with E-state index >= 15 is 0 Å². The maximum atomic E-state index is 10.9. The fourth-order valence-corrected chi connectivity index (χ4v) is 2.61. The van der Waals surface area contributed by atoms with Gasteiger partial charge in [-0.1, -0.05) is 72.1 Å². The minimum atomic E-state index is -1.48. The summed E-state index contributed by atoms with van der Waals surface area (Å²) in [6, 6.07) is 23.4. The van der Waals surface area contributed by atoms with E-state index in [1.165, 1.54) is 0 Å². The normalized spacial score (nSPS) is 12.9. The Morgan fingerprint density at radius 3 is 2.04 bits per heavy atom. The number of hydrogen-bond acceptors (Lipinski definition) is 2. The number of aliphatic hydroxyl groups is 1. The van der Waals surface area contributed by atoms with E-state index < -0.39 is 5.60 Å². The van der Waals surface area contributed by atoms with E-state index in [4.69, 9.17) is 22.8 Å². The average Bonchev–Trinajstić information content (AvgIpc) is 2.64. The van der Waals surface area contributed by atoms with E-state index in [9.17, 15) is 5.11 Å². The molecular weight excluding hydrogens is 320 g/mol. The molecule has 0 fully saturated rings. The van der Waals surface area contributed by atoms with Crippen molar-refractivity contribution in [3.63, 3.8) is 0 Å². The van der Waals surface area contributed by atoms with Crippen molar-refractivity contribution in [2.45, 2.75) is 5.60 Å². The number of halogens is 1. The van der Waals surface area contributed by atoms with Crippen LogP contribution in [0.4, 0.5) is 0 Å². The molecule has 0 saturated heterocycles. The average molecular weight is 335 g/mol. The van der Waals surface area contributed by atoms with Gasteiger partial charge in [-0.15, -0.1) is 6.42 Å². The van der Waals surface area contributed by atoms with Gasteiger partial charge in [0.2, 0.25) is 0 Å². The van der Waals surface area contributed by atoms with Gasteiger partial charge in [0.05, 0.1) is 5.02 Å². The van der Waals surface area contributed by atoms with E-state index in [2.05, 4.69) is 5.92 Å². The van der Waals surface area contributed by atoms with Gasteiger partial charge < -0.3 is 9.84 Å². The van der Waals surface area contributed by atoms with Crippen molar-refractivity contribution in [3.05, 3.63) is 95.0 Å². The molecule has 3 heteroatoms. The first-order chi connectivity index (χ1) is 11.6. The number of terminal acetylenes is 1. The van der Waals surface area contributed by atoms with Crippen LogP contribution in [0, 0.1) is 12.3 Å². The number of benzene rings is 3. The molecule has 0 heterocycles. The maximum absolute atomic E-state index is 10.9. The smallest absolute Gasteiger partial charge is 0.176 e. The predicted octanol–water partition coefficient (Wildman–Crippen LogP) is 5.00. The van der Waals surface area contributed by atoms with Crippen LogP contribution in [0.5, 0.6) is 11.5 Å². The van der Waals surface area contributed by atoms with E-state index in [1.807, 2.05) is 30.3 Å². The lowest BCUT2D eigenvalue weighted by molar-refractivity contribution is 0.145. The Bertz CT molecular complexity index is 866. The highest BCUT2D eigenvalue weighted by atomic mass is 35.5. The Morgan fingerprint density at radius 2 is 1.42 bits per heavy atom. The Balaban J connectivity index is 1.89. The molecule has 0 spiro atoms. The number of hydrogen-bond donors (Lipinski definition) is 1. The van der Waals surface area contributed by atoms with Crippen LogP contribution in [0.2, 0.25) is 5.02 Å². The molecule has 0 bridgehead atoms. The highest BCUT2D eigenvalue weighted by molar-refractivity contribution is 6.32. The number of para-hydroxylation sites is 1. The van der Waals surface area contributed by atoms with Gasteiger partial charge in [-0.25, -0.2) is 0 Å². The second-order valence-corrected chi connectivity index (χ2v) is 5.68. The summed E-state index contributed by atoms with van der Waals surface area (Å²) in [6.07, 6.45) is 5.60. The fourth-order valence-electron chi connectivity index (χ4n) is 2.43. The van der Waals surface area contributed by atoms with E-state index in [0.717, 1.165) is 0 Å². The van der Waals surface area contributed by atoms with Gasteiger partial charge in [-0.3, -0.25) is 0 Å². The van der Waals surface area contributed by atoms with Gasteiger partial charge in [0.25, 0.3) is 0 Å². The fraction of sp³-hybridized carbons (Fsp3) is 0.0476. The van der Waals surface area contributed by atoms with Crippen LogP contribution in [0.25, 0.3) is 0 Å². The number of rotatable bonds is 4. The quantitative estimate of drug-likeness (QED) is 0.680. The summed E-state index contributed by atoms with van der Waals surface area (Å²) < 4.78 is 5.75. The summed E-state index contributed by atoms with van der Waals surface area (Å²) >= 11 is 6.09. The van der Waals surface area contributed by atoms with Crippen molar-refractivity contribution < 1.29 is 9.84 Å². The molecule has 0 radical (unpaired) electrons. The van der Waals surface area contributed by atoms with Crippen LogP contribution < -0.4 is 4.74 Å². The van der Waals surface area contributed by atoms with Crippen molar-refractivity contribution in [3.8, 4) is 23.8 Å². The van der Waals surface area contributed by atoms with Crippen molar-refractivity contribution in [1.82, 2.24) is 0 Å². The lowest BCUT2D eigenvalue weighted by atomic mass is 9.87. The monoisotopic (exact) mass is 334 g/mol. The third-order valence-corrected chi connectivity index (χ3v) is 4.05. The van der Waals surface area contributed by atoms with Crippen LogP contribution >= 0.6 is 11.6 Å². The second kappa shape index (κ2) is 6.80. The Labute approximate surface area is 146 Å². The highest BCUT2D eigenvalue weighted by Crippen LogP contribution is 2.32. The van der Waals surface area contributed by atoms with Crippen molar-refractivity contribution in [2.24, 2.45) is 0 Å². The topological polar surface area (TPSA) is 29.5 Å². The molecule has 3 aromatic carbocycles. The molecule has 0 saturated carbocycles. The summed E-state index contributed by atoms with van der Waals surface area (Å²) in [5.74, 6) is 3.66. The SMILES string of the molecule is C#CC(O)(c1ccccc1)c1ccc(Oc2ccccc2Cl)cc1. The molecule has 2 nitrogen and oxygen atoms in total. The van der Waals surface area contributed by atoms with Crippen molar-refractivity contribution >= 4 is 11.6 Å². The van der Waals surface area contributed by atoms with Crippen molar-refractivity contribution in [2.75, 3.05) is 0 Å². The zero-order valence-corrected chi connectivity index (χ0v) is 13.6. The molecule has 24 heavy (non-hydrogen) atoms. The van der Waals surface area contributed by atoms with Crippen LogP contribution in [-0.4, -0.2) is 5.11 Å². The first-order valence-corrected chi connectivity index (χ1v) is 7.80. The first-order valence-electron chi connectivity index (χ1n) is 7.42. The summed E-state index contributed by atoms with van der Waals surface area (Å²) in [6.45, 7) is 0. The molecule has 1 atom stereocenters. The Morgan fingerprint density at radius 1 is 0.833 bits per heavy atom. The van der Waals surface area contributed by atoms with Crippen LogP contribution in [-0.2, 0) is 5.60 Å². The van der Waals surface area contributed by atoms with E-state index in [1.54, 1.807) is 48.5 Å². The summed E-state index contributed by atoms with van der Waals surface area (Å²) in [4.78, 5) is 0. The molecule has 1 unspecified atom stereocenters. The zero-order valence-electron chi connectivity index (χ0n) is 12.8. The first kappa shape index (κ1) is 16.1. The summed E-state index contributed by atoms with van der Waals surface area (Å²) in [5.41, 5.74) is -0.237. The van der Waals surface area contributed by atoms with Gasteiger partial charge in [0, 0.05) is 11.1 Å². The van der Waals surface area contributed by atoms with E-state index in [-0.39, 0.29) is 0 Å². The lowest BCUT2D eigenvalue weighted by Gasteiger charge is -2.23. The van der Waals surface area contributed by atoms with Crippen LogP contribution in [0.15, 0.2) is 78.9 Å². The summed E-state index contributed by atoms with van der Waals surface area (Å²) in [7, 11) is 0. The second-order valence-electron chi connectivity index (χ2n) is 5.28. The molecule has 0 aliphatic heterocycles. The zero-order chi connectivity index (χ0) is 17.0. The minimum Gasteiger partial charge on any atom is -0.456 e. The molecule has 0 aliphatic rings. The number of ether oxygens (including phenoxy) is 1. The molecule has 0 amide bonds. The molecule has 3 rings (SSSR count).